The van der Waals surface area contributed by atoms with Crippen molar-refractivity contribution in [1.82, 2.24) is 4.98 Å². The highest BCUT2D eigenvalue weighted by molar-refractivity contribution is 5.86. The van der Waals surface area contributed by atoms with Crippen molar-refractivity contribution in [2.45, 2.75) is 25.3 Å². The van der Waals surface area contributed by atoms with Gasteiger partial charge in [-0.2, -0.15) is 0 Å². The van der Waals surface area contributed by atoms with Crippen molar-refractivity contribution in [3.63, 3.8) is 0 Å². The summed E-state index contributed by atoms with van der Waals surface area (Å²) in [5.41, 5.74) is -0.483. The summed E-state index contributed by atoms with van der Waals surface area (Å²) in [6.07, 6.45) is 2.45. The zero-order valence-corrected chi connectivity index (χ0v) is 10.7. The van der Waals surface area contributed by atoms with Gasteiger partial charge in [-0.3, -0.25) is 10.1 Å². The molecule has 8 nitrogen and oxygen atoms in total. The van der Waals surface area contributed by atoms with E-state index in [1.54, 1.807) is 4.90 Å². The van der Waals surface area contributed by atoms with E-state index in [9.17, 15) is 20.0 Å². The van der Waals surface area contributed by atoms with Gasteiger partial charge in [0.05, 0.1) is 17.6 Å². The third-order valence-corrected chi connectivity index (χ3v) is 3.38. The molecule has 1 aliphatic heterocycles. The van der Waals surface area contributed by atoms with E-state index in [2.05, 4.69) is 4.98 Å². The van der Waals surface area contributed by atoms with Gasteiger partial charge >= 0.3 is 11.7 Å². The number of hydrogen-bond donors (Lipinski definition) is 2. The van der Waals surface area contributed by atoms with E-state index in [0.717, 1.165) is 25.0 Å². The fourth-order valence-electron chi connectivity index (χ4n) is 2.38. The Morgan fingerprint density at radius 2 is 2.25 bits per heavy atom. The maximum atomic E-state index is 11.1. The molecule has 2 heterocycles. The zero-order valence-electron chi connectivity index (χ0n) is 10.7. The maximum absolute atomic E-state index is 11.1. The van der Waals surface area contributed by atoms with Gasteiger partial charge in [-0.15, -0.1) is 0 Å². The fourth-order valence-corrected chi connectivity index (χ4v) is 2.38. The highest BCUT2D eigenvalue weighted by atomic mass is 16.6. The van der Waals surface area contributed by atoms with Gasteiger partial charge in [-0.25, -0.2) is 9.78 Å². The Morgan fingerprint density at radius 1 is 1.50 bits per heavy atom. The molecule has 0 spiro atoms. The van der Waals surface area contributed by atoms with Crippen molar-refractivity contribution >= 4 is 17.5 Å². The molecule has 1 atom stereocenters. The van der Waals surface area contributed by atoms with E-state index in [4.69, 9.17) is 5.11 Å². The van der Waals surface area contributed by atoms with E-state index < -0.39 is 10.9 Å². The summed E-state index contributed by atoms with van der Waals surface area (Å²) < 4.78 is 0. The summed E-state index contributed by atoms with van der Waals surface area (Å²) >= 11 is 0. The molecule has 2 rings (SSSR count). The van der Waals surface area contributed by atoms with Crippen molar-refractivity contribution in [3.8, 4) is 0 Å². The summed E-state index contributed by atoms with van der Waals surface area (Å²) in [4.78, 5) is 27.0. The Balaban J connectivity index is 2.47. The fraction of sp³-hybridized carbons (Fsp3) is 0.500. The Morgan fingerprint density at radius 3 is 2.85 bits per heavy atom. The Labute approximate surface area is 114 Å². The maximum Gasteiger partial charge on any atom is 0.354 e. The second-order valence-corrected chi connectivity index (χ2v) is 4.63. The van der Waals surface area contributed by atoms with Crippen LogP contribution in [0.3, 0.4) is 0 Å². The quantitative estimate of drug-likeness (QED) is 0.625. The molecule has 1 aliphatic rings. The second-order valence-electron chi connectivity index (χ2n) is 4.63. The van der Waals surface area contributed by atoms with Gasteiger partial charge in [0.2, 0.25) is 5.82 Å². The topological polar surface area (TPSA) is 117 Å². The summed E-state index contributed by atoms with van der Waals surface area (Å²) in [5.74, 6) is -1.22. The number of anilines is 1. The summed E-state index contributed by atoms with van der Waals surface area (Å²) in [6.45, 7) is 0.373. The number of pyridine rings is 1. The third-order valence-electron chi connectivity index (χ3n) is 3.38. The number of nitrogens with zero attached hydrogens (tertiary/aromatic N) is 3. The molecule has 1 aromatic heterocycles. The van der Waals surface area contributed by atoms with Crippen LogP contribution in [0.2, 0.25) is 0 Å². The molecule has 0 saturated carbocycles. The largest absolute Gasteiger partial charge is 0.477 e. The third kappa shape index (κ3) is 2.69. The molecule has 0 aromatic carbocycles. The normalized spacial score (nSPS) is 18.9. The molecule has 1 fully saturated rings. The van der Waals surface area contributed by atoms with E-state index in [0.29, 0.717) is 13.0 Å². The van der Waals surface area contributed by atoms with E-state index in [1.807, 2.05) is 0 Å². The molecule has 0 bridgehead atoms. The van der Waals surface area contributed by atoms with Crippen LogP contribution in [0.1, 0.15) is 29.8 Å². The van der Waals surface area contributed by atoms with E-state index in [1.165, 1.54) is 0 Å². The Hall–Kier alpha value is -2.22. The number of carboxylic acid groups (broad SMARTS) is 1. The van der Waals surface area contributed by atoms with Crippen molar-refractivity contribution in [1.29, 1.82) is 0 Å². The minimum absolute atomic E-state index is 0.0219. The predicted molar refractivity (Wildman–Crippen MR) is 69.9 cm³/mol. The van der Waals surface area contributed by atoms with E-state index >= 15 is 0 Å². The lowest BCUT2D eigenvalue weighted by molar-refractivity contribution is -0.384. The first kappa shape index (κ1) is 14.2. The second kappa shape index (κ2) is 5.83. The SMILES string of the molecule is O=C(O)c1ccc([N+](=O)[O-])c(N2CCCCC2CO)n1. The first-order valence-electron chi connectivity index (χ1n) is 6.31. The molecule has 0 amide bonds. The first-order chi connectivity index (χ1) is 9.54. The standard InChI is InChI=1S/C12H15N3O5/c16-7-8-3-1-2-6-14(8)11-10(15(19)20)5-4-9(13-11)12(17)18/h4-5,8,16H,1-3,6-7H2,(H,17,18). The average molecular weight is 281 g/mol. The number of rotatable bonds is 4. The van der Waals surface area contributed by atoms with Crippen molar-refractivity contribution in [2.24, 2.45) is 0 Å². The van der Waals surface area contributed by atoms with Crippen LogP contribution in [-0.2, 0) is 0 Å². The Kier molecular flexibility index (Phi) is 4.14. The van der Waals surface area contributed by atoms with Crippen LogP contribution in [0.4, 0.5) is 11.5 Å². The van der Waals surface area contributed by atoms with Crippen LogP contribution in [-0.4, -0.2) is 45.3 Å². The highest BCUT2D eigenvalue weighted by Crippen LogP contribution is 2.31. The van der Waals surface area contributed by atoms with Crippen molar-refractivity contribution < 1.29 is 19.9 Å². The van der Waals surface area contributed by atoms with E-state index in [-0.39, 0.29) is 29.8 Å². The zero-order chi connectivity index (χ0) is 14.7. The smallest absolute Gasteiger partial charge is 0.354 e. The van der Waals surface area contributed by atoms with Gasteiger partial charge in [0, 0.05) is 12.6 Å². The summed E-state index contributed by atoms with van der Waals surface area (Å²) in [5, 5.41) is 29.4. The van der Waals surface area contributed by atoms with Crippen molar-refractivity contribution in [3.05, 3.63) is 27.9 Å². The van der Waals surface area contributed by atoms with Gasteiger partial charge < -0.3 is 15.1 Å². The number of aromatic nitrogens is 1. The lowest BCUT2D eigenvalue weighted by Gasteiger charge is -2.35. The minimum Gasteiger partial charge on any atom is -0.477 e. The van der Waals surface area contributed by atoms with Crippen LogP contribution >= 0.6 is 0 Å². The number of aromatic carboxylic acids is 1. The van der Waals surface area contributed by atoms with Gasteiger partial charge in [-0.05, 0) is 25.3 Å². The Bertz CT molecular complexity index is 534. The van der Waals surface area contributed by atoms with Crippen LogP contribution in [0, 0.1) is 10.1 Å². The molecule has 0 radical (unpaired) electrons. The number of aliphatic hydroxyl groups excluding tert-OH is 1. The molecule has 20 heavy (non-hydrogen) atoms. The molecule has 2 N–H and O–H groups in total. The van der Waals surface area contributed by atoms with Gasteiger partial charge in [0.25, 0.3) is 0 Å². The van der Waals surface area contributed by atoms with Crippen LogP contribution in [0.5, 0.6) is 0 Å². The molecule has 8 heteroatoms. The average Bonchev–Trinajstić information content (AvgIpc) is 2.46. The van der Waals surface area contributed by atoms with Gasteiger partial charge in [0.1, 0.15) is 0 Å². The van der Waals surface area contributed by atoms with Crippen LogP contribution < -0.4 is 4.90 Å². The highest BCUT2D eigenvalue weighted by Gasteiger charge is 2.30. The van der Waals surface area contributed by atoms with Crippen LogP contribution in [0.15, 0.2) is 12.1 Å². The molecule has 108 valence electrons. The summed E-state index contributed by atoms with van der Waals surface area (Å²) in [6, 6.07) is 2.00. The number of aliphatic hydroxyl groups is 1. The van der Waals surface area contributed by atoms with Crippen molar-refractivity contribution in [2.75, 3.05) is 18.1 Å². The number of piperidine rings is 1. The molecular formula is C12H15N3O5. The number of nitro groups is 1. The van der Waals surface area contributed by atoms with Crippen LogP contribution in [0.25, 0.3) is 0 Å². The number of hydrogen-bond acceptors (Lipinski definition) is 6. The minimum atomic E-state index is -1.24. The monoisotopic (exact) mass is 281 g/mol. The predicted octanol–water partition coefficient (Wildman–Crippen LogP) is 1.04. The molecule has 1 aromatic rings. The molecule has 1 unspecified atom stereocenters. The first-order valence-corrected chi connectivity index (χ1v) is 6.31. The van der Waals surface area contributed by atoms with Gasteiger partial charge in [-0.1, -0.05) is 0 Å². The van der Waals surface area contributed by atoms with Gasteiger partial charge in [0.15, 0.2) is 5.69 Å². The molecular weight excluding hydrogens is 266 g/mol. The molecule has 0 aliphatic carbocycles. The molecule has 1 saturated heterocycles. The lowest BCUT2D eigenvalue weighted by Crippen LogP contribution is -2.42. The number of carboxylic acids is 1. The summed E-state index contributed by atoms with van der Waals surface area (Å²) in [7, 11) is 0. The lowest BCUT2D eigenvalue weighted by atomic mass is 10.0. The number of carbonyl (C=O) groups is 1.